The molecule has 1 unspecified atom stereocenters. The van der Waals surface area contributed by atoms with Crippen LogP contribution in [0, 0.1) is 0 Å². The molecule has 0 aliphatic heterocycles. The number of rotatable bonds is 2. The lowest BCUT2D eigenvalue weighted by molar-refractivity contribution is 0.557. The quantitative estimate of drug-likeness (QED) is 0.773. The van der Waals surface area contributed by atoms with Crippen molar-refractivity contribution in [3.8, 4) is 0 Å². The van der Waals surface area contributed by atoms with Crippen molar-refractivity contribution in [3.63, 3.8) is 0 Å². The van der Waals surface area contributed by atoms with Crippen molar-refractivity contribution < 1.29 is 0 Å². The van der Waals surface area contributed by atoms with E-state index in [4.69, 9.17) is 5.73 Å². The van der Waals surface area contributed by atoms with Crippen LogP contribution in [0.15, 0.2) is 17.5 Å². The summed E-state index contributed by atoms with van der Waals surface area (Å²) >= 11 is 1.67. The van der Waals surface area contributed by atoms with Crippen molar-refractivity contribution >= 4 is 17.3 Å². The highest BCUT2D eigenvalue weighted by Crippen LogP contribution is 2.22. The van der Waals surface area contributed by atoms with E-state index in [2.05, 4.69) is 15.5 Å². The second-order valence-corrected chi connectivity index (χ2v) is 3.65. The van der Waals surface area contributed by atoms with Gasteiger partial charge in [-0.1, -0.05) is 11.2 Å². The average Bonchev–Trinajstić information content (AvgIpc) is 2.72. The number of hydrogen-bond acceptors (Lipinski definition) is 5. The molecule has 2 rings (SSSR count). The summed E-state index contributed by atoms with van der Waals surface area (Å²) in [6.07, 6.45) is 0. The third-order valence-corrected chi connectivity index (χ3v) is 2.88. The third-order valence-electron chi connectivity index (χ3n) is 1.84. The maximum atomic E-state index is 5.58. The van der Waals surface area contributed by atoms with Crippen molar-refractivity contribution in [2.45, 2.75) is 13.0 Å². The van der Waals surface area contributed by atoms with Crippen LogP contribution >= 0.6 is 11.3 Å². The van der Waals surface area contributed by atoms with Gasteiger partial charge in [-0.2, -0.15) is 0 Å². The summed E-state index contributed by atoms with van der Waals surface area (Å²) in [5.41, 5.74) is 5.58. The van der Waals surface area contributed by atoms with Crippen LogP contribution in [-0.2, 0) is 0 Å². The topological polar surface area (TPSA) is 69.6 Å². The molecule has 2 aromatic heterocycles. The molecule has 0 amide bonds. The molecule has 1 atom stereocenters. The first-order chi connectivity index (χ1) is 6.29. The molecule has 0 fully saturated rings. The number of tetrazole rings is 1. The monoisotopic (exact) mass is 195 g/mol. The minimum Gasteiger partial charge on any atom is -0.367 e. The van der Waals surface area contributed by atoms with Crippen LogP contribution < -0.4 is 5.73 Å². The summed E-state index contributed by atoms with van der Waals surface area (Å²) in [7, 11) is 0. The summed E-state index contributed by atoms with van der Waals surface area (Å²) in [5.74, 6) is 0.348. The van der Waals surface area contributed by atoms with E-state index in [9.17, 15) is 0 Å². The first-order valence-corrected chi connectivity index (χ1v) is 4.73. The van der Waals surface area contributed by atoms with Crippen LogP contribution in [0.25, 0.3) is 0 Å². The zero-order chi connectivity index (χ0) is 9.26. The zero-order valence-electron chi connectivity index (χ0n) is 7.08. The Morgan fingerprint density at radius 2 is 2.46 bits per heavy atom. The van der Waals surface area contributed by atoms with Crippen LogP contribution in [0.2, 0.25) is 0 Å². The molecule has 0 saturated carbocycles. The SMILES string of the molecule is CC(c1cccs1)n1nnnc1N. The molecule has 0 saturated heterocycles. The number of nitrogen functional groups attached to an aromatic ring is 1. The molecule has 2 N–H and O–H groups in total. The number of hydrogen-bond donors (Lipinski definition) is 1. The molecular weight excluding hydrogens is 186 g/mol. The van der Waals surface area contributed by atoms with E-state index in [1.54, 1.807) is 16.0 Å². The Kier molecular flexibility index (Phi) is 1.97. The van der Waals surface area contributed by atoms with Crippen LogP contribution in [0.1, 0.15) is 17.8 Å². The van der Waals surface area contributed by atoms with Crippen LogP contribution in [0.3, 0.4) is 0 Å². The largest absolute Gasteiger partial charge is 0.367 e. The van der Waals surface area contributed by atoms with Gasteiger partial charge in [-0.25, -0.2) is 4.68 Å². The summed E-state index contributed by atoms with van der Waals surface area (Å²) in [6.45, 7) is 2.01. The molecule has 0 spiro atoms. The van der Waals surface area contributed by atoms with Crippen molar-refractivity contribution in [2.24, 2.45) is 0 Å². The summed E-state index contributed by atoms with van der Waals surface area (Å²) in [4.78, 5) is 1.19. The van der Waals surface area contributed by atoms with E-state index in [0.29, 0.717) is 5.95 Å². The van der Waals surface area contributed by atoms with E-state index in [1.165, 1.54) is 4.88 Å². The second kappa shape index (κ2) is 3.14. The molecular formula is C7H9N5S. The highest BCUT2D eigenvalue weighted by Gasteiger charge is 2.12. The Balaban J connectivity index is 2.33. The molecule has 2 heterocycles. The summed E-state index contributed by atoms with van der Waals surface area (Å²) < 4.78 is 1.60. The molecule has 5 nitrogen and oxygen atoms in total. The lowest BCUT2D eigenvalue weighted by Crippen LogP contribution is -2.10. The fourth-order valence-corrected chi connectivity index (χ4v) is 1.89. The Hall–Kier alpha value is -1.43. The maximum Gasteiger partial charge on any atom is 0.240 e. The number of aromatic nitrogens is 4. The fourth-order valence-electron chi connectivity index (χ4n) is 1.13. The summed E-state index contributed by atoms with van der Waals surface area (Å²) in [6, 6.07) is 4.14. The predicted octanol–water partition coefficient (Wildman–Crippen LogP) is 0.926. The Bertz CT molecular complexity index is 379. The molecule has 0 radical (unpaired) electrons. The van der Waals surface area contributed by atoms with E-state index >= 15 is 0 Å². The Morgan fingerprint density at radius 1 is 1.62 bits per heavy atom. The van der Waals surface area contributed by atoms with Gasteiger partial charge in [0, 0.05) is 4.88 Å². The molecule has 2 aromatic rings. The summed E-state index contributed by atoms with van der Waals surface area (Å²) in [5, 5.41) is 13.0. The normalized spacial score (nSPS) is 13.0. The predicted molar refractivity (Wildman–Crippen MR) is 50.4 cm³/mol. The first kappa shape index (κ1) is 8.18. The molecule has 0 aromatic carbocycles. The van der Waals surface area contributed by atoms with Gasteiger partial charge < -0.3 is 5.73 Å². The molecule has 0 aliphatic carbocycles. The van der Waals surface area contributed by atoms with E-state index < -0.39 is 0 Å². The van der Waals surface area contributed by atoms with Crippen LogP contribution in [-0.4, -0.2) is 20.2 Å². The second-order valence-electron chi connectivity index (χ2n) is 2.67. The van der Waals surface area contributed by atoms with Crippen molar-refractivity contribution in [2.75, 3.05) is 5.73 Å². The average molecular weight is 195 g/mol. The van der Waals surface area contributed by atoms with Crippen molar-refractivity contribution in [3.05, 3.63) is 22.4 Å². The van der Waals surface area contributed by atoms with Crippen LogP contribution in [0.4, 0.5) is 5.95 Å². The minimum atomic E-state index is 0.106. The number of nitrogens with zero attached hydrogens (tertiary/aromatic N) is 4. The maximum absolute atomic E-state index is 5.58. The van der Waals surface area contributed by atoms with E-state index in [1.807, 2.05) is 24.4 Å². The highest BCUT2D eigenvalue weighted by atomic mass is 32.1. The Morgan fingerprint density at radius 3 is 3.00 bits per heavy atom. The van der Waals surface area contributed by atoms with Crippen molar-refractivity contribution in [1.82, 2.24) is 20.2 Å². The molecule has 0 aliphatic rings. The third kappa shape index (κ3) is 1.40. The lowest BCUT2D eigenvalue weighted by Gasteiger charge is -2.08. The van der Waals surface area contributed by atoms with Gasteiger partial charge in [0.05, 0.1) is 6.04 Å². The molecule has 0 bridgehead atoms. The van der Waals surface area contributed by atoms with Gasteiger partial charge in [0.25, 0.3) is 0 Å². The minimum absolute atomic E-state index is 0.106. The standard InChI is InChI=1S/C7H9N5S/c1-5(6-3-2-4-13-6)12-7(8)9-10-11-12/h2-5H,1H3,(H2,8,9,11). The van der Waals surface area contributed by atoms with Gasteiger partial charge in [-0.05, 0) is 28.8 Å². The van der Waals surface area contributed by atoms with Gasteiger partial charge in [-0.15, -0.1) is 11.3 Å². The van der Waals surface area contributed by atoms with E-state index in [0.717, 1.165) is 0 Å². The van der Waals surface area contributed by atoms with Gasteiger partial charge >= 0.3 is 0 Å². The molecule has 13 heavy (non-hydrogen) atoms. The molecule has 68 valence electrons. The van der Waals surface area contributed by atoms with Gasteiger partial charge in [-0.3, -0.25) is 0 Å². The number of anilines is 1. The smallest absolute Gasteiger partial charge is 0.240 e. The zero-order valence-corrected chi connectivity index (χ0v) is 7.90. The number of thiophene rings is 1. The lowest BCUT2D eigenvalue weighted by atomic mass is 10.3. The first-order valence-electron chi connectivity index (χ1n) is 3.86. The Labute approximate surface area is 79.2 Å². The number of nitrogens with two attached hydrogens (primary N) is 1. The van der Waals surface area contributed by atoms with Crippen LogP contribution in [0.5, 0.6) is 0 Å². The van der Waals surface area contributed by atoms with Gasteiger partial charge in [0.2, 0.25) is 5.95 Å². The van der Waals surface area contributed by atoms with E-state index in [-0.39, 0.29) is 6.04 Å². The van der Waals surface area contributed by atoms with Gasteiger partial charge in [0.1, 0.15) is 0 Å². The van der Waals surface area contributed by atoms with Gasteiger partial charge in [0.15, 0.2) is 0 Å². The fraction of sp³-hybridized carbons (Fsp3) is 0.286. The van der Waals surface area contributed by atoms with Crippen molar-refractivity contribution in [1.29, 1.82) is 0 Å². The molecule has 6 heteroatoms. The highest BCUT2D eigenvalue weighted by molar-refractivity contribution is 7.10.